The fourth-order valence-corrected chi connectivity index (χ4v) is 2.53. The summed E-state index contributed by atoms with van der Waals surface area (Å²) in [7, 11) is 0. The maximum Gasteiger partial charge on any atom is 0.124 e. The minimum atomic E-state index is 0.325. The van der Waals surface area contributed by atoms with E-state index in [1.165, 1.54) is 0 Å². The van der Waals surface area contributed by atoms with Crippen LogP contribution in [-0.4, -0.2) is 27.4 Å². The lowest BCUT2D eigenvalue weighted by Gasteiger charge is -2.29. The third kappa shape index (κ3) is 2.31. The number of hydrogen-bond donors (Lipinski definition) is 0. The Morgan fingerprint density at radius 3 is 3.22 bits per heavy atom. The van der Waals surface area contributed by atoms with Crippen LogP contribution in [0.1, 0.15) is 37.3 Å². The van der Waals surface area contributed by atoms with E-state index in [1.54, 1.807) is 6.26 Å². The highest BCUT2D eigenvalue weighted by atomic mass is 16.5. The number of ether oxygens (including phenoxy) is 1. The number of imidazole rings is 1. The molecule has 0 aliphatic carbocycles. The largest absolute Gasteiger partial charge is 0.378 e. The van der Waals surface area contributed by atoms with Crippen molar-refractivity contribution in [2.45, 2.75) is 38.3 Å². The summed E-state index contributed by atoms with van der Waals surface area (Å²) in [5.74, 6) is 1.04. The number of rotatable bonds is 3. The number of hydrogen-bond acceptors (Lipinski definition) is 4. The normalized spacial score (nSPS) is 24.3. The Labute approximate surface area is 106 Å². The monoisotopic (exact) mass is 247 g/mol. The second kappa shape index (κ2) is 4.94. The highest BCUT2D eigenvalue weighted by Crippen LogP contribution is 2.26. The van der Waals surface area contributed by atoms with Gasteiger partial charge in [0.1, 0.15) is 12.1 Å². The molecule has 2 atom stereocenters. The van der Waals surface area contributed by atoms with Crippen molar-refractivity contribution < 1.29 is 9.26 Å². The molecule has 0 radical (unpaired) electrons. The highest BCUT2D eigenvalue weighted by molar-refractivity contribution is 5.08. The number of aromatic nitrogens is 3. The topological polar surface area (TPSA) is 53.1 Å². The van der Waals surface area contributed by atoms with Crippen molar-refractivity contribution in [2.75, 3.05) is 6.61 Å². The maximum absolute atomic E-state index is 5.59. The van der Waals surface area contributed by atoms with E-state index in [1.807, 2.05) is 12.3 Å². The standard InChI is InChI=1S/C13H17N3O2/c1-10-8-12(3-6-17-10)16-5-4-14-13(16)9-11-2-7-18-15-11/h2,4-5,7,10,12H,3,6,8-9H2,1H3/t10-,12-/m0/s1. The van der Waals surface area contributed by atoms with E-state index in [2.05, 4.69) is 27.8 Å². The van der Waals surface area contributed by atoms with E-state index < -0.39 is 0 Å². The first-order valence-electron chi connectivity index (χ1n) is 6.35. The average Bonchev–Trinajstić information content (AvgIpc) is 3.01. The summed E-state index contributed by atoms with van der Waals surface area (Å²) in [6.45, 7) is 2.95. The summed E-state index contributed by atoms with van der Waals surface area (Å²) in [5.41, 5.74) is 0.919. The Morgan fingerprint density at radius 1 is 1.50 bits per heavy atom. The SMILES string of the molecule is C[C@H]1C[C@@H](n2ccnc2Cc2ccon2)CCO1. The predicted molar refractivity (Wildman–Crippen MR) is 65.2 cm³/mol. The van der Waals surface area contributed by atoms with E-state index in [0.29, 0.717) is 12.1 Å². The van der Waals surface area contributed by atoms with Gasteiger partial charge in [0.05, 0.1) is 18.2 Å². The fraction of sp³-hybridized carbons (Fsp3) is 0.538. The molecule has 3 rings (SSSR count). The van der Waals surface area contributed by atoms with Crippen molar-refractivity contribution in [1.82, 2.24) is 14.7 Å². The summed E-state index contributed by atoms with van der Waals surface area (Å²) in [6.07, 6.45) is 8.64. The summed E-state index contributed by atoms with van der Waals surface area (Å²) in [5, 5.41) is 3.94. The Morgan fingerprint density at radius 2 is 2.44 bits per heavy atom. The van der Waals surface area contributed by atoms with Gasteiger partial charge in [0, 0.05) is 31.1 Å². The van der Waals surface area contributed by atoms with Crippen LogP contribution >= 0.6 is 0 Å². The van der Waals surface area contributed by atoms with E-state index in [0.717, 1.165) is 37.4 Å². The van der Waals surface area contributed by atoms with Crippen molar-refractivity contribution in [3.05, 3.63) is 36.2 Å². The van der Waals surface area contributed by atoms with Crippen LogP contribution in [0.25, 0.3) is 0 Å². The van der Waals surface area contributed by atoms with Crippen LogP contribution in [0.4, 0.5) is 0 Å². The van der Waals surface area contributed by atoms with Crippen molar-refractivity contribution in [1.29, 1.82) is 0 Å². The van der Waals surface area contributed by atoms with E-state index in [9.17, 15) is 0 Å². The van der Waals surface area contributed by atoms with E-state index in [-0.39, 0.29) is 0 Å². The van der Waals surface area contributed by atoms with E-state index in [4.69, 9.17) is 9.26 Å². The second-order valence-electron chi connectivity index (χ2n) is 4.78. The summed E-state index contributed by atoms with van der Waals surface area (Å²) < 4.78 is 12.7. The van der Waals surface area contributed by atoms with Crippen LogP contribution in [0.2, 0.25) is 0 Å². The molecule has 5 heteroatoms. The molecule has 0 unspecified atom stereocenters. The Bertz CT molecular complexity index is 492. The Hall–Kier alpha value is -1.62. The van der Waals surface area contributed by atoms with Gasteiger partial charge in [-0.05, 0) is 19.8 Å². The smallest absolute Gasteiger partial charge is 0.124 e. The molecule has 0 spiro atoms. The van der Waals surface area contributed by atoms with Crippen LogP contribution in [0.5, 0.6) is 0 Å². The first kappa shape index (κ1) is 11.5. The van der Waals surface area contributed by atoms with Gasteiger partial charge in [0.15, 0.2) is 0 Å². The summed E-state index contributed by atoms with van der Waals surface area (Å²) in [4.78, 5) is 4.43. The molecule has 1 aliphatic heterocycles. The molecule has 0 bridgehead atoms. The molecule has 3 heterocycles. The van der Waals surface area contributed by atoms with Crippen molar-refractivity contribution in [2.24, 2.45) is 0 Å². The third-order valence-corrected chi connectivity index (χ3v) is 3.43. The molecule has 1 fully saturated rings. The van der Waals surface area contributed by atoms with Gasteiger partial charge < -0.3 is 13.8 Å². The summed E-state index contributed by atoms with van der Waals surface area (Å²) in [6, 6.07) is 2.36. The molecule has 0 amide bonds. The van der Waals surface area contributed by atoms with Crippen molar-refractivity contribution in [3.63, 3.8) is 0 Å². The van der Waals surface area contributed by atoms with Crippen LogP contribution in [0.3, 0.4) is 0 Å². The lowest BCUT2D eigenvalue weighted by atomic mass is 10.0. The summed E-state index contributed by atoms with van der Waals surface area (Å²) >= 11 is 0. The van der Waals surface area contributed by atoms with Crippen molar-refractivity contribution in [3.8, 4) is 0 Å². The minimum absolute atomic E-state index is 0.325. The number of nitrogens with zero attached hydrogens (tertiary/aromatic N) is 3. The van der Waals surface area contributed by atoms with Gasteiger partial charge in [-0.15, -0.1) is 0 Å². The molecule has 0 N–H and O–H groups in total. The van der Waals surface area contributed by atoms with Crippen LogP contribution in [0, 0.1) is 0 Å². The van der Waals surface area contributed by atoms with Gasteiger partial charge in [-0.3, -0.25) is 0 Å². The average molecular weight is 247 g/mol. The molecular weight excluding hydrogens is 230 g/mol. The minimum Gasteiger partial charge on any atom is -0.378 e. The first-order chi connectivity index (χ1) is 8.83. The molecule has 0 saturated carbocycles. The lowest BCUT2D eigenvalue weighted by Crippen LogP contribution is -2.26. The molecule has 18 heavy (non-hydrogen) atoms. The van der Waals surface area contributed by atoms with Crippen LogP contribution in [0.15, 0.2) is 29.2 Å². The van der Waals surface area contributed by atoms with Gasteiger partial charge in [0.2, 0.25) is 0 Å². The molecule has 1 aliphatic rings. The predicted octanol–water partition coefficient (Wildman–Crippen LogP) is 2.20. The lowest BCUT2D eigenvalue weighted by molar-refractivity contribution is 0.00547. The third-order valence-electron chi connectivity index (χ3n) is 3.43. The van der Waals surface area contributed by atoms with Gasteiger partial charge >= 0.3 is 0 Å². The quantitative estimate of drug-likeness (QED) is 0.834. The molecule has 5 nitrogen and oxygen atoms in total. The van der Waals surface area contributed by atoms with Crippen molar-refractivity contribution >= 4 is 0 Å². The van der Waals surface area contributed by atoms with E-state index >= 15 is 0 Å². The van der Waals surface area contributed by atoms with Gasteiger partial charge in [-0.25, -0.2) is 4.98 Å². The van der Waals surface area contributed by atoms with Gasteiger partial charge in [-0.2, -0.15) is 0 Å². The first-order valence-corrected chi connectivity index (χ1v) is 6.35. The fourth-order valence-electron chi connectivity index (χ4n) is 2.53. The Kier molecular flexibility index (Phi) is 3.15. The zero-order valence-electron chi connectivity index (χ0n) is 10.5. The molecular formula is C13H17N3O2. The van der Waals surface area contributed by atoms with Crippen LogP contribution < -0.4 is 0 Å². The Balaban J connectivity index is 1.78. The van der Waals surface area contributed by atoms with Crippen LogP contribution in [-0.2, 0) is 11.2 Å². The molecule has 2 aromatic heterocycles. The molecule has 2 aromatic rings. The van der Waals surface area contributed by atoms with Gasteiger partial charge in [0.25, 0.3) is 0 Å². The second-order valence-corrected chi connectivity index (χ2v) is 4.78. The zero-order chi connectivity index (χ0) is 12.4. The molecule has 0 aromatic carbocycles. The molecule has 1 saturated heterocycles. The van der Waals surface area contributed by atoms with Gasteiger partial charge in [-0.1, -0.05) is 5.16 Å². The zero-order valence-corrected chi connectivity index (χ0v) is 10.5. The highest BCUT2D eigenvalue weighted by Gasteiger charge is 2.22. The molecule has 96 valence electrons. The maximum atomic E-state index is 5.59.